The highest BCUT2D eigenvalue weighted by atomic mass is 35.5. The topological polar surface area (TPSA) is 87.0 Å². The second-order valence-corrected chi connectivity index (χ2v) is 7.29. The van der Waals surface area contributed by atoms with Gasteiger partial charge in [0.25, 0.3) is 0 Å². The molecule has 3 heterocycles. The molecule has 0 aliphatic carbocycles. The minimum Gasteiger partial charge on any atom is -0.493 e. The Morgan fingerprint density at radius 2 is 2.07 bits per heavy atom. The van der Waals surface area contributed by atoms with Crippen molar-refractivity contribution in [3.63, 3.8) is 0 Å². The van der Waals surface area contributed by atoms with Crippen molar-refractivity contribution in [2.75, 3.05) is 20.8 Å². The molecule has 1 aliphatic rings. The summed E-state index contributed by atoms with van der Waals surface area (Å²) in [7, 11) is 3.17. The molecule has 0 unspecified atom stereocenters. The molecule has 1 aliphatic heterocycles. The van der Waals surface area contributed by atoms with Gasteiger partial charge < -0.3 is 19.5 Å². The molecule has 1 fully saturated rings. The van der Waals surface area contributed by atoms with E-state index in [1.54, 1.807) is 31.1 Å². The lowest BCUT2D eigenvalue weighted by atomic mass is 10.0. The van der Waals surface area contributed by atoms with Crippen LogP contribution < -0.4 is 19.5 Å². The third kappa shape index (κ3) is 3.67. The van der Waals surface area contributed by atoms with Crippen molar-refractivity contribution >= 4 is 23.0 Å². The number of methoxy groups -OCH3 is 2. The number of nitrogens with zero attached hydrogens (tertiary/aromatic N) is 3. The Kier molecular flexibility index (Phi) is 5.19. The summed E-state index contributed by atoms with van der Waals surface area (Å²) < 4.78 is 18.5. The van der Waals surface area contributed by atoms with Gasteiger partial charge in [0.15, 0.2) is 11.5 Å². The van der Waals surface area contributed by atoms with Crippen LogP contribution >= 0.6 is 11.6 Å². The van der Waals surface area contributed by atoms with Gasteiger partial charge in [-0.2, -0.15) is 5.10 Å². The van der Waals surface area contributed by atoms with E-state index in [0.717, 1.165) is 5.56 Å². The zero-order valence-corrected chi connectivity index (χ0v) is 17.1. The second kappa shape index (κ2) is 7.79. The Labute approximate surface area is 172 Å². The molecule has 1 amide bonds. The lowest BCUT2D eigenvalue weighted by Crippen LogP contribution is -2.26. The van der Waals surface area contributed by atoms with Crippen LogP contribution in [0.15, 0.2) is 30.6 Å². The molecule has 4 rings (SSSR count). The monoisotopic (exact) mass is 416 g/mol. The molecule has 2 atom stereocenters. The maximum Gasteiger partial charge on any atom is 0.242 e. The number of benzene rings is 1. The van der Waals surface area contributed by atoms with Gasteiger partial charge in [-0.25, -0.2) is 9.50 Å². The molecule has 3 aromatic rings. The van der Waals surface area contributed by atoms with Gasteiger partial charge in [-0.05, 0) is 25.1 Å². The molecule has 2 aromatic heterocycles. The van der Waals surface area contributed by atoms with E-state index in [0.29, 0.717) is 46.6 Å². The molecule has 1 N–H and O–H groups in total. The maximum atomic E-state index is 11.5. The van der Waals surface area contributed by atoms with Gasteiger partial charge in [0.2, 0.25) is 11.8 Å². The number of carbonyl (C=O) groups excluding carboxylic acids is 1. The van der Waals surface area contributed by atoms with Crippen molar-refractivity contribution in [1.29, 1.82) is 0 Å². The van der Waals surface area contributed by atoms with Crippen LogP contribution in [0.2, 0.25) is 5.02 Å². The predicted octanol–water partition coefficient (Wildman–Crippen LogP) is 2.97. The highest BCUT2D eigenvalue weighted by Crippen LogP contribution is 2.34. The first kappa shape index (κ1) is 19.3. The van der Waals surface area contributed by atoms with Gasteiger partial charge in [0, 0.05) is 24.4 Å². The number of amides is 1. The summed E-state index contributed by atoms with van der Waals surface area (Å²) in [6, 6.07) is 5.54. The number of hydrogen-bond donors (Lipinski definition) is 1. The lowest BCUT2D eigenvalue weighted by Gasteiger charge is -2.20. The van der Waals surface area contributed by atoms with Crippen LogP contribution in [-0.2, 0) is 4.79 Å². The van der Waals surface area contributed by atoms with E-state index < -0.39 is 0 Å². The van der Waals surface area contributed by atoms with Crippen LogP contribution in [-0.4, -0.2) is 47.4 Å². The molecule has 1 saturated heterocycles. The standard InChI is InChI=1S/C20H21ClN4O4/c1-11(13-7-18(26)22-8-13)29-20-19-14(21)9-23-25(19)10-15(24-20)12-4-5-16(27-2)17(6-12)28-3/h4-6,9-11,13H,7-8H2,1-3H3,(H,22,26)/t11-,13-/m1/s1. The van der Waals surface area contributed by atoms with E-state index in [4.69, 9.17) is 30.8 Å². The van der Waals surface area contributed by atoms with E-state index in [2.05, 4.69) is 10.4 Å². The van der Waals surface area contributed by atoms with Crippen LogP contribution in [0, 0.1) is 5.92 Å². The first-order chi connectivity index (χ1) is 14.0. The van der Waals surface area contributed by atoms with E-state index in [-0.39, 0.29) is 17.9 Å². The largest absolute Gasteiger partial charge is 0.493 e. The average molecular weight is 417 g/mol. The van der Waals surface area contributed by atoms with Crippen molar-refractivity contribution in [2.24, 2.45) is 5.92 Å². The molecular weight excluding hydrogens is 396 g/mol. The summed E-state index contributed by atoms with van der Waals surface area (Å²) in [6.45, 7) is 2.51. The fourth-order valence-electron chi connectivity index (χ4n) is 3.39. The van der Waals surface area contributed by atoms with E-state index in [1.807, 2.05) is 25.1 Å². The number of carbonyl (C=O) groups is 1. The SMILES string of the molecule is COc1ccc(-c2cn3ncc(Cl)c3c(O[C@H](C)[C@H]3CNC(=O)C3)n2)cc1OC. The summed E-state index contributed by atoms with van der Waals surface area (Å²) in [6.07, 6.45) is 3.53. The third-order valence-electron chi connectivity index (χ3n) is 5.07. The molecular formula is C20H21ClN4O4. The molecule has 0 spiro atoms. The van der Waals surface area contributed by atoms with E-state index in [1.165, 1.54) is 0 Å². The first-order valence-electron chi connectivity index (χ1n) is 9.19. The van der Waals surface area contributed by atoms with E-state index in [9.17, 15) is 4.79 Å². The molecule has 29 heavy (non-hydrogen) atoms. The summed E-state index contributed by atoms with van der Waals surface area (Å²) >= 11 is 6.32. The maximum absolute atomic E-state index is 11.5. The number of nitrogens with one attached hydrogen (secondary N) is 1. The van der Waals surface area contributed by atoms with Crippen LogP contribution in [0.1, 0.15) is 13.3 Å². The Balaban J connectivity index is 1.74. The summed E-state index contributed by atoms with van der Waals surface area (Å²) in [5.74, 6) is 1.69. The summed E-state index contributed by atoms with van der Waals surface area (Å²) in [5.41, 5.74) is 2.03. The van der Waals surface area contributed by atoms with Crippen LogP contribution in [0.25, 0.3) is 16.8 Å². The van der Waals surface area contributed by atoms with Crippen molar-refractivity contribution in [3.05, 3.63) is 35.6 Å². The van der Waals surface area contributed by atoms with Gasteiger partial charge in [-0.1, -0.05) is 11.6 Å². The van der Waals surface area contributed by atoms with Crippen molar-refractivity contribution < 1.29 is 19.0 Å². The van der Waals surface area contributed by atoms with Gasteiger partial charge in [-0.3, -0.25) is 4.79 Å². The minimum atomic E-state index is -0.225. The van der Waals surface area contributed by atoms with Crippen molar-refractivity contribution in [3.8, 4) is 28.6 Å². The van der Waals surface area contributed by atoms with Gasteiger partial charge in [0.05, 0.1) is 37.3 Å². The minimum absolute atomic E-state index is 0.0324. The quantitative estimate of drug-likeness (QED) is 0.664. The predicted molar refractivity (Wildman–Crippen MR) is 108 cm³/mol. The summed E-state index contributed by atoms with van der Waals surface area (Å²) in [4.78, 5) is 16.2. The third-order valence-corrected chi connectivity index (χ3v) is 5.35. The molecule has 1 aromatic carbocycles. The molecule has 0 bridgehead atoms. The van der Waals surface area contributed by atoms with Crippen molar-refractivity contribution in [2.45, 2.75) is 19.4 Å². The van der Waals surface area contributed by atoms with Gasteiger partial charge >= 0.3 is 0 Å². The van der Waals surface area contributed by atoms with Crippen LogP contribution in [0.3, 0.4) is 0 Å². The number of aromatic nitrogens is 3. The zero-order chi connectivity index (χ0) is 20.5. The van der Waals surface area contributed by atoms with Crippen LogP contribution in [0.4, 0.5) is 0 Å². The smallest absolute Gasteiger partial charge is 0.242 e. The van der Waals surface area contributed by atoms with Crippen LogP contribution in [0.5, 0.6) is 17.4 Å². The highest BCUT2D eigenvalue weighted by Gasteiger charge is 2.29. The van der Waals surface area contributed by atoms with Gasteiger partial charge in [-0.15, -0.1) is 0 Å². The molecule has 9 heteroatoms. The normalized spacial score (nSPS) is 17.2. The highest BCUT2D eigenvalue weighted by molar-refractivity contribution is 6.34. The second-order valence-electron chi connectivity index (χ2n) is 6.88. The molecule has 8 nitrogen and oxygen atoms in total. The fourth-order valence-corrected chi connectivity index (χ4v) is 3.61. The Morgan fingerprint density at radius 3 is 2.76 bits per heavy atom. The fraction of sp³-hybridized carbons (Fsp3) is 0.350. The Bertz CT molecular complexity index is 1070. The number of fused-ring (bicyclic) bond motifs is 1. The van der Waals surface area contributed by atoms with Gasteiger partial charge in [0.1, 0.15) is 11.6 Å². The number of halogens is 1. The molecule has 0 radical (unpaired) electrons. The molecule has 152 valence electrons. The number of rotatable bonds is 6. The Hall–Kier alpha value is -3.00. The summed E-state index contributed by atoms with van der Waals surface area (Å²) in [5, 5.41) is 7.58. The first-order valence-corrected chi connectivity index (χ1v) is 9.57. The zero-order valence-electron chi connectivity index (χ0n) is 16.3. The average Bonchev–Trinajstić information content (AvgIpc) is 3.33. The number of ether oxygens (including phenoxy) is 3. The number of hydrogen-bond acceptors (Lipinski definition) is 6. The van der Waals surface area contributed by atoms with Crippen molar-refractivity contribution in [1.82, 2.24) is 19.9 Å². The lowest BCUT2D eigenvalue weighted by molar-refractivity contribution is -0.119. The molecule has 0 saturated carbocycles. The Morgan fingerprint density at radius 1 is 1.28 bits per heavy atom. The van der Waals surface area contributed by atoms with E-state index >= 15 is 0 Å².